The molecule has 0 aliphatic carbocycles. The van der Waals surface area contributed by atoms with Crippen molar-refractivity contribution in [2.45, 2.75) is 0 Å². The zero-order valence-corrected chi connectivity index (χ0v) is 10.5. The molecule has 0 aliphatic rings. The predicted octanol–water partition coefficient (Wildman–Crippen LogP) is 1.70. The second-order valence-corrected chi connectivity index (χ2v) is 3.65. The Balaban J connectivity index is 0.000000221. The quantitative estimate of drug-likeness (QED) is 0.491. The maximum atomic E-state index is 10.7. The topological polar surface area (TPSA) is 73.3 Å². The predicted molar refractivity (Wildman–Crippen MR) is 70.6 cm³/mol. The van der Waals surface area contributed by atoms with Crippen molar-refractivity contribution in [2.24, 2.45) is 5.73 Å². The number of carbonyl (C=O) groups excluding carboxylic acids is 1. The summed E-state index contributed by atoms with van der Waals surface area (Å²) in [5.74, 6) is -0.259. The maximum Gasteiger partial charge on any atom is 0.336 e. The third kappa shape index (κ3) is 4.01. The first-order valence-electron chi connectivity index (χ1n) is 4.46. The lowest BCUT2D eigenvalue weighted by molar-refractivity contribution is -0.115. The van der Waals surface area contributed by atoms with Gasteiger partial charge in [-0.3, -0.25) is 4.79 Å². The number of alkyl halides is 1. The Morgan fingerprint density at radius 1 is 1.25 bits per heavy atom. The molecule has 0 saturated carbocycles. The van der Waals surface area contributed by atoms with Crippen LogP contribution in [-0.2, 0) is 4.79 Å². The Bertz CT molecular complexity index is 536. The van der Waals surface area contributed by atoms with Gasteiger partial charge in [-0.1, -0.05) is 40.8 Å². The van der Waals surface area contributed by atoms with Gasteiger partial charge in [0, 0.05) is 11.5 Å². The van der Waals surface area contributed by atoms with E-state index in [-0.39, 0.29) is 11.5 Å². The molecule has 0 atom stereocenters. The number of amides is 1. The first kappa shape index (κ1) is 12.7. The molecule has 5 heteroatoms. The van der Waals surface area contributed by atoms with Crippen molar-refractivity contribution in [1.82, 2.24) is 0 Å². The number of hydrogen-bond acceptors (Lipinski definition) is 3. The highest BCUT2D eigenvalue weighted by Crippen LogP contribution is 2.08. The minimum atomic E-state index is -0.302. The van der Waals surface area contributed by atoms with E-state index in [1.54, 1.807) is 12.1 Å². The molecule has 4 nitrogen and oxygen atoms in total. The normalized spacial score (nSPS) is 9.31. The van der Waals surface area contributed by atoms with Crippen LogP contribution in [0.2, 0.25) is 0 Å². The first-order valence-corrected chi connectivity index (χ1v) is 5.99. The van der Waals surface area contributed by atoms with Crippen LogP contribution >= 0.6 is 22.6 Å². The van der Waals surface area contributed by atoms with Crippen LogP contribution in [0, 0.1) is 0 Å². The van der Waals surface area contributed by atoms with Crippen molar-refractivity contribution >= 4 is 39.5 Å². The molecule has 0 saturated heterocycles. The van der Waals surface area contributed by atoms with Crippen LogP contribution in [0.25, 0.3) is 11.0 Å². The van der Waals surface area contributed by atoms with Gasteiger partial charge in [-0.05, 0) is 12.1 Å². The minimum absolute atomic E-state index is 0.259. The summed E-state index contributed by atoms with van der Waals surface area (Å²) >= 11 is 1.90. The van der Waals surface area contributed by atoms with Crippen LogP contribution in [-0.4, -0.2) is 10.3 Å². The van der Waals surface area contributed by atoms with E-state index in [1.807, 2.05) is 40.8 Å². The molecule has 2 N–H and O–H groups in total. The Kier molecular flexibility index (Phi) is 4.97. The molecule has 0 unspecified atom stereocenters. The zero-order valence-electron chi connectivity index (χ0n) is 8.35. The van der Waals surface area contributed by atoms with Gasteiger partial charge >= 0.3 is 5.63 Å². The van der Waals surface area contributed by atoms with Gasteiger partial charge in [0.05, 0.1) is 4.43 Å². The molecular weight excluding hydrogens is 321 g/mol. The number of rotatable bonds is 1. The molecular formula is C11H10INO3. The summed E-state index contributed by atoms with van der Waals surface area (Å²) in [6.45, 7) is 0. The second-order valence-electron chi connectivity index (χ2n) is 2.89. The Morgan fingerprint density at radius 3 is 2.50 bits per heavy atom. The molecule has 1 aromatic heterocycles. The van der Waals surface area contributed by atoms with Crippen molar-refractivity contribution in [3.8, 4) is 0 Å². The highest BCUT2D eigenvalue weighted by atomic mass is 127. The summed E-state index contributed by atoms with van der Waals surface area (Å²) in [7, 11) is 0. The summed E-state index contributed by atoms with van der Waals surface area (Å²) in [4.78, 5) is 20.3. The third-order valence-electron chi connectivity index (χ3n) is 1.66. The van der Waals surface area contributed by atoms with Gasteiger partial charge in [-0.25, -0.2) is 4.79 Å². The molecule has 0 bridgehead atoms. The van der Waals surface area contributed by atoms with Crippen molar-refractivity contribution in [3.63, 3.8) is 0 Å². The molecule has 0 aliphatic heterocycles. The Labute approximate surface area is 106 Å². The molecule has 84 valence electrons. The number of benzene rings is 1. The van der Waals surface area contributed by atoms with E-state index in [0.29, 0.717) is 10.0 Å². The molecule has 0 fully saturated rings. The van der Waals surface area contributed by atoms with Crippen molar-refractivity contribution in [3.05, 3.63) is 46.8 Å². The van der Waals surface area contributed by atoms with E-state index >= 15 is 0 Å². The van der Waals surface area contributed by atoms with Crippen LogP contribution < -0.4 is 11.4 Å². The van der Waals surface area contributed by atoms with E-state index in [0.717, 1.165) is 5.39 Å². The largest absolute Gasteiger partial charge is 0.423 e. The summed E-state index contributed by atoms with van der Waals surface area (Å²) in [6.07, 6.45) is 0. The highest BCUT2D eigenvalue weighted by Gasteiger charge is 1.92. The fourth-order valence-corrected chi connectivity index (χ4v) is 1.01. The number of para-hydroxylation sites is 1. The number of hydrogen-bond donors (Lipinski definition) is 1. The van der Waals surface area contributed by atoms with Gasteiger partial charge < -0.3 is 10.2 Å². The Hall–Kier alpha value is -1.37. The monoisotopic (exact) mass is 331 g/mol. The summed E-state index contributed by atoms with van der Waals surface area (Å²) in [5, 5.41) is 0.951. The van der Waals surface area contributed by atoms with Crippen molar-refractivity contribution in [2.75, 3.05) is 4.43 Å². The fourth-order valence-electron chi connectivity index (χ4n) is 1.01. The molecule has 1 aromatic carbocycles. The number of nitrogens with two attached hydrogens (primary N) is 1. The average molecular weight is 331 g/mol. The lowest BCUT2D eigenvalue weighted by Crippen LogP contribution is -2.10. The van der Waals surface area contributed by atoms with E-state index in [9.17, 15) is 9.59 Å². The van der Waals surface area contributed by atoms with Crippen molar-refractivity contribution in [1.29, 1.82) is 0 Å². The SMILES string of the molecule is NC(=O)CI.O=c1ccc2ccccc2o1. The van der Waals surface area contributed by atoms with Crippen molar-refractivity contribution < 1.29 is 9.21 Å². The van der Waals surface area contributed by atoms with Gasteiger partial charge in [0.2, 0.25) is 5.91 Å². The molecule has 0 radical (unpaired) electrons. The smallest absolute Gasteiger partial charge is 0.336 e. The number of primary amides is 1. The number of halogens is 1. The van der Waals surface area contributed by atoms with Crippen LogP contribution in [0.1, 0.15) is 0 Å². The lowest BCUT2D eigenvalue weighted by Gasteiger charge is -1.91. The molecule has 1 amide bonds. The number of carbonyl (C=O) groups is 1. The van der Waals surface area contributed by atoms with Gasteiger partial charge in [0.15, 0.2) is 0 Å². The molecule has 0 spiro atoms. The molecule has 1 heterocycles. The van der Waals surface area contributed by atoms with Gasteiger partial charge in [0.1, 0.15) is 5.58 Å². The highest BCUT2D eigenvalue weighted by molar-refractivity contribution is 14.1. The zero-order chi connectivity index (χ0) is 12.0. The van der Waals surface area contributed by atoms with Gasteiger partial charge in [0.25, 0.3) is 0 Å². The van der Waals surface area contributed by atoms with E-state index in [1.165, 1.54) is 6.07 Å². The van der Waals surface area contributed by atoms with Crippen LogP contribution in [0.4, 0.5) is 0 Å². The lowest BCUT2D eigenvalue weighted by atomic mass is 10.2. The van der Waals surface area contributed by atoms with Crippen LogP contribution in [0.5, 0.6) is 0 Å². The van der Waals surface area contributed by atoms with E-state index < -0.39 is 0 Å². The molecule has 2 rings (SSSR count). The Morgan fingerprint density at radius 2 is 1.88 bits per heavy atom. The average Bonchev–Trinajstić information content (AvgIpc) is 2.29. The van der Waals surface area contributed by atoms with Gasteiger partial charge in [-0.2, -0.15) is 0 Å². The minimum Gasteiger partial charge on any atom is -0.423 e. The number of fused-ring (bicyclic) bond motifs is 1. The first-order chi connectivity index (χ1) is 7.63. The molecule has 16 heavy (non-hydrogen) atoms. The van der Waals surface area contributed by atoms with Crippen LogP contribution in [0.3, 0.4) is 0 Å². The summed E-state index contributed by atoms with van der Waals surface area (Å²) < 4.78 is 5.32. The standard InChI is InChI=1S/C9H6O2.C2H4INO/c10-9-6-5-7-3-1-2-4-8(7)11-9;3-1-2(4)5/h1-6H;1H2,(H2,4,5). The summed E-state index contributed by atoms with van der Waals surface area (Å²) in [6, 6.07) is 10.6. The maximum absolute atomic E-state index is 10.7. The third-order valence-corrected chi connectivity index (χ3v) is 2.41. The van der Waals surface area contributed by atoms with Gasteiger partial charge in [-0.15, -0.1) is 0 Å². The van der Waals surface area contributed by atoms with Crippen LogP contribution in [0.15, 0.2) is 45.6 Å². The van der Waals surface area contributed by atoms with E-state index in [2.05, 4.69) is 5.73 Å². The second kappa shape index (κ2) is 6.26. The molecule has 2 aromatic rings. The fraction of sp³-hybridized carbons (Fsp3) is 0.0909. The summed E-state index contributed by atoms with van der Waals surface area (Å²) in [5.41, 5.74) is 4.98. The van der Waals surface area contributed by atoms with E-state index in [4.69, 9.17) is 4.42 Å².